The summed E-state index contributed by atoms with van der Waals surface area (Å²) in [6.45, 7) is 3.19. The number of pyridine rings is 1. The van der Waals surface area contributed by atoms with Gasteiger partial charge in [0.05, 0.1) is 5.52 Å². The minimum Gasteiger partial charge on any atom is -0.310 e. The third-order valence-corrected chi connectivity index (χ3v) is 3.76. The molecule has 1 fully saturated rings. The molecule has 1 N–H and O–H groups in total. The van der Waals surface area contributed by atoms with Crippen molar-refractivity contribution in [3.8, 4) is 0 Å². The molecule has 0 spiro atoms. The Balaban J connectivity index is 1.98. The molecule has 0 aliphatic heterocycles. The Morgan fingerprint density at radius 2 is 2.11 bits per heavy atom. The second-order valence-electron chi connectivity index (χ2n) is 5.21. The molecule has 0 radical (unpaired) electrons. The number of nitrogens with one attached hydrogen (secondary N) is 1. The molecule has 2 aromatic rings. The van der Waals surface area contributed by atoms with Crippen LogP contribution in [0.15, 0.2) is 36.5 Å². The molecular weight excluding hydrogens is 220 g/mol. The quantitative estimate of drug-likeness (QED) is 0.862. The SMILES string of the molecule is CCNC(CC1CC1)c1cccc2cccnc12. The van der Waals surface area contributed by atoms with Crippen molar-refractivity contribution in [2.24, 2.45) is 5.92 Å². The number of fused-ring (bicyclic) bond motifs is 1. The summed E-state index contributed by atoms with van der Waals surface area (Å²) in [4.78, 5) is 4.57. The third-order valence-electron chi connectivity index (χ3n) is 3.76. The lowest BCUT2D eigenvalue weighted by Gasteiger charge is -2.19. The first-order chi connectivity index (χ1) is 8.88. The molecule has 1 heterocycles. The van der Waals surface area contributed by atoms with Crippen molar-refractivity contribution in [2.75, 3.05) is 6.54 Å². The van der Waals surface area contributed by atoms with Crippen molar-refractivity contribution >= 4 is 10.9 Å². The molecule has 1 aromatic heterocycles. The van der Waals surface area contributed by atoms with E-state index in [-0.39, 0.29) is 0 Å². The number of nitrogens with zero attached hydrogens (tertiary/aromatic N) is 1. The number of rotatable bonds is 5. The molecule has 2 nitrogen and oxygen atoms in total. The molecule has 18 heavy (non-hydrogen) atoms. The van der Waals surface area contributed by atoms with Gasteiger partial charge in [0.25, 0.3) is 0 Å². The summed E-state index contributed by atoms with van der Waals surface area (Å²) >= 11 is 0. The van der Waals surface area contributed by atoms with E-state index in [9.17, 15) is 0 Å². The fourth-order valence-corrected chi connectivity index (χ4v) is 2.66. The molecule has 0 saturated heterocycles. The standard InChI is InChI=1S/C16H20N2/c1-2-17-15(11-12-8-9-12)14-7-3-5-13-6-4-10-18-16(13)14/h3-7,10,12,15,17H,2,8-9,11H2,1H3. The van der Waals surface area contributed by atoms with E-state index in [4.69, 9.17) is 0 Å². The smallest absolute Gasteiger partial charge is 0.0749 e. The lowest BCUT2D eigenvalue weighted by Crippen LogP contribution is -2.21. The van der Waals surface area contributed by atoms with E-state index in [1.54, 1.807) is 0 Å². The van der Waals surface area contributed by atoms with Crippen LogP contribution in [0.1, 0.15) is 37.8 Å². The summed E-state index contributed by atoms with van der Waals surface area (Å²) in [5.74, 6) is 0.924. The van der Waals surface area contributed by atoms with Crippen molar-refractivity contribution in [3.63, 3.8) is 0 Å². The first kappa shape index (κ1) is 11.7. The van der Waals surface area contributed by atoms with Crippen LogP contribution in [0.5, 0.6) is 0 Å². The molecule has 0 amide bonds. The zero-order valence-corrected chi connectivity index (χ0v) is 10.9. The van der Waals surface area contributed by atoms with Crippen molar-refractivity contribution in [2.45, 2.75) is 32.2 Å². The van der Waals surface area contributed by atoms with E-state index in [1.165, 1.54) is 30.2 Å². The van der Waals surface area contributed by atoms with Crippen LogP contribution < -0.4 is 5.32 Å². The number of para-hydroxylation sites is 1. The number of benzene rings is 1. The minimum atomic E-state index is 0.459. The van der Waals surface area contributed by atoms with E-state index in [2.05, 4.69) is 41.5 Å². The minimum absolute atomic E-state index is 0.459. The van der Waals surface area contributed by atoms with Gasteiger partial charge in [-0.25, -0.2) is 0 Å². The predicted octanol–water partition coefficient (Wildman–Crippen LogP) is 3.69. The van der Waals surface area contributed by atoms with Crippen LogP contribution in [0.25, 0.3) is 10.9 Å². The van der Waals surface area contributed by atoms with Crippen molar-refractivity contribution < 1.29 is 0 Å². The molecule has 0 bridgehead atoms. The number of hydrogen-bond donors (Lipinski definition) is 1. The zero-order chi connectivity index (χ0) is 12.4. The van der Waals surface area contributed by atoms with Gasteiger partial charge in [0.1, 0.15) is 0 Å². The van der Waals surface area contributed by atoms with Gasteiger partial charge in [0, 0.05) is 17.6 Å². The van der Waals surface area contributed by atoms with Crippen LogP contribution in [-0.2, 0) is 0 Å². The van der Waals surface area contributed by atoms with E-state index in [1.807, 2.05) is 12.3 Å². The highest BCUT2D eigenvalue weighted by atomic mass is 14.9. The second kappa shape index (κ2) is 5.07. The predicted molar refractivity (Wildman–Crippen MR) is 75.5 cm³/mol. The van der Waals surface area contributed by atoms with Crippen LogP contribution in [0.3, 0.4) is 0 Å². The molecule has 1 unspecified atom stereocenters. The summed E-state index contributed by atoms with van der Waals surface area (Å²) in [7, 11) is 0. The van der Waals surface area contributed by atoms with Crippen molar-refractivity contribution in [1.29, 1.82) is 0 Å². The molecule has 3 rings (SSSR count). The molecule has 94 valence electrons. The third kappa shape index (κ3) is 2.39. The lowest BCUT2D eigenvalue weighted by molar-refractivity contribution is 0.489. The Morgan fingerprint density at radius 1 is 1.28 bits per heavy atom. The van der Waals surface area contributed by atoms with Gasteiger partial charge in [0.2, 0.25) is 0 Å². The molecule has 1 saturated carbocycles. The van der Waals surface area contributed by atoms with Crippen molar-refractivity contribution in [1.82, 2.24) is 10.3 Å². The van der Waals surface area contributed by atoms with Gasteiger partial charge in [-0.15, -0.1) is 0 Å². The largest absolute Gasteiger partial charge is 0.310 e. The average molecular weight is 240 g/mol. The molecular formula is C16H20N2. The first-order valence-corrected chi connectivity index (χ1v) is 6.95. The summed E-state index contributed by atoms with van der Waals surface area (Å²) in [6.07, 6.45) is 5.95. The molecule has 1 aliphatic rings. The van der Waals surface area contributed by atoms with Crippen LogP contribution in [0.4, 0.5) is 0 Å². The highest BCUT2D eigenvalue weighted by Gasteiger charge is 2.26. The van der Waals surface area contributed by atoms with Gasteiger partial charge in [0.15, 0.2) is 0 Å². The van der Waals surface area contributed by atoms with Gasteiger partial charge in [-0.3, -0.25) is 4.98 Å². The molecule has 2 heteroatoms. The van der Waals surface area contributed by atoms with E-state index >= 15 is 0 Å². The Kier molecular flexibility index (Phi) is 3.28. The van der Waals surface area contributed by atoms with E-state index in [0.29, 0.717) is 6.04 Å². The Morgan fingerprint density at radius 3 is 2.89 bits per heavy atom. The van der Waals surface area contributed by atoms with Gasteiger partial charge in [-0.05, 0) is 30.5 Å². The fourth-order valence-electron chi connectivity index (χ4n) is 2.66. The normalized spacial score (nSPS) is 16.9. The maximum Gasteiger partial charge on any atom is 0.0749 e. The van der Waals surface area contributed by atoms with Crippen LogP contribution in [0, 0.1) is 5.92 Å². The monoisotopic (exact) mass is 240 g/mol. The van der Waals surface area contributed by atoms with Gasteiger partial charge >= 0.3 is 0 Å². The Labute approximate surface area is 108 Å². The Bertz CT molecular complexity index is 526. The topological polar surface area (TPSA) is 24.9 Å². The van der Waals surface area contributed by atoms with Crippen LogP contribution >= 0.6 is 0 Å². The summed E-state index contributed by atoms with van der Waals surface area (Å²) in [5, 5.41) is 4.87. The second-order valence-corrected chi connectivity index (χ2v) is 5.21. The van der Waals surface area contributed by atoms with Gasteiger partial charge in [-0.1, -0.05) is 44.0 Å². The summed E-state index contributed by atoms with van der Waals surface area (Å²) < 4.78 is 0. The highest BCUT2D eigenvalue weighted by molar-refractivity contribution is 5.82. The number of aromatic nitrogens is 1. The lowest BCUT2D eigenvalue weighted by atomic mass is 9.98. The molecule has 1 atom stereocenters. The zero-order valence-electron chi connectivity index (χ0n) is 10.9. The molecule has 1 aromatic carbocycles. The summed E-state index contributed by atoms with van der Waals surface area (Å²) in [6, 6.07) is 11.1. The Hall–Kier alpha value is -1.41. The van der Waals surface area contributed by atoms with Crippen molar-refractivity contribution in [3.05, 3.63) is 42.1 Å². The molecule has 1 aliphatic carbocycles. The fraction of sp³-hybridized carbons (Fsp3) is 0.438. The van der Waals surface area contributed by atoms with E-state index in [0.717, 1.165) is 18.0 Å². The maximum absolute atomic E-state index is 4.57. The van der Waals surface area contributed by atoms with Gasteiger partial charge in [-0.2, -0.15) is 0 Å². The summed E-state index contributed by atoms with van der Waals surface area (Å²) in [5.41, 5.74) is 2.52. The van der Waals surface area contributed by atoms with Crippen LogP contribution in [0.2, 0.25) is 0 Å². The maximum atomic E-state index is 4.57. The van der Waals surface area contributed by atoms with Crippen LogP contribution in [-0.4, -0.2) is 11.5 Å². The highest BCUT2D eigenvalue weighted by Crippen LogP contribution is 2.38. The average Bonchev–Trinajstić information content (AvgIpc) is 3.22. The first-order valence-electron chi connectivity index (χ1n) is 6.95. The number of hydrogen-bond acceptors (Lipinski definition) is 2. The van der Waals surface area contributed by atoms with E-state index < -0.39 is 0 Å². The van der Waals surface area contributed by atoms with Gasteiger partial charge < -0.3 is 5.32 Å².